The fourth-order valence-electron chi connectivity index (χ4n) is 2.49. The largest absolute Gasteiger partial charge is 0.321 e. The van der Waals surface area contributed by atoms with E-state index in [9.17, 15) is 4.39 Å². The number of halogens is 1. The van der Waals surface area contributed by atoms with Gasteiger partial charge in [-0.15, -0.1) is 0 Å². The lowest BCUT2D eigenvalue weighted by atomic mass is 10.1. The molecular formula is C18H13FN6. The predicted molar refractivity (Wildman–Crippen MR) is 94.4 cm³/mol. The molecule has 0 spiro atoms. The standard InChI is InChI=1S/C18H13FN6/c19-16-10-4-2-7-14(16)12-20-25-18(22-23-24-25)21-17-11-5-8-13-6-1-3-9-15(13)17/h1-12H,(H,21,22,24). The van der Waals surface area contributed by atoms with Crippen LogP contribution in [0.2, 0.25) is 0 Å². The molecule has 0 aliphatic carbocycles. The van der Waals surface area contributed by atoms with Crippen molar-refractivity contribution >= 4 is 28.6 Å². The molecule has 4 aromatic rings. The van der Waals surface area contributed by atoms with Crippen molar-refractivity contribution < 1.29 is 4.39 Å². The normalized spacial score (nSPS) is 11.2. The van der Waals surface area contributed by atoms with Gasteiger partial charge in [0, 0.05) is 16.6 Å². The van der Waals surface area contributed by atoms with E-state index in [4.69, 9.17) is 0 Å². The minimum Gasteiger partial charge on any atom is -0.321 e. The van der Waals surface area contributed by atoms with Crippen molar-refractivity contribution in [3.05, 3.63) is 78.1 Å². The van der Waals surface area contributed by atoms with Crippen molar-refractivity contribution in [2.24, 2.45) is 5.10 Å². The number of rotatable bonds is 4. The quantitative estimate of drug-likeness (QED) is 0.580. The number of benzene rings is 3. The lowest BCUT2D eigenvalue weighted by Gasteiger charge is -2.07. The zero-order chi connectivity index (χ0) is 17.1. The maximum Gasteiger partial charge on any atom is 0.269 e. The van der Waals surface area contributed by atoms with E-state index in [1.165, 1.54) is 17.1 Å². The van der Waals surface area contributed by atoms with Crippen molar-refractivity contribution in [2.45, 2.75) is 0 Å². The first-order valence-corrected chi connectivity index (χ1v) is 7.63. The smallest absolute Gasteiger partial charge is 0.269 e. The summed E-state index contributed by atoms with van der Waals surface area (Å²) in [5.74, 6) is -0.0215. The molecule has 0 atom stereocenters. The highest BCUT2D eigenvalue weighted by Crippen LogP contribution is 2.25. The Morgan fingerprint density at radius 3 is 2.68 bits per heavy atom. The van der Waals surface area contributed by atoms with Crippen molar-refractivity contribution in [2.75, 3.05) is 5.32 Å². The van der Waals surface area contributed by atoms with Crippen LogP contribution < -0.4 is 5.32 Å². The second-order valence-corrected chi connectivity index (χ2v) is 5.31. The molecule has 0 radical (unpaired) electrons. The van der Waals surface area contributed by atoms with Crippen LogP contribution in [0.3, 0.4) is 0 Å². The molecule has 6 nitrogen and oxygen atoms in total. The Kier molecular flexibility index (Phi) is 3.88. The number of hydrogen-bond donors (Lipinski definition) is 1. The molecule has 1 heterocycles. The van der Waals surface area contributed by atoms with Crippen LogP contribution in [0.5, 0.6) is 0 Å². The number of nitrogens with zero attached hydrogens (tertiary/aromatic N) is 5. The van der Waals surface area contributed by atoms with Crippen LogP contribution in [0.1, 0.15) is 5.56 Å². The molecule has 1 N–H and O–H groups in total. The molecule has 0 saturated carbocycles. The minimum atomic E-state index is -0.358. The summed E-state index contributed by atoms with van der Waals surface area (Å²) < 4.78 is 13.7. The van der Waals surface area contributed by atoms with E-state index < -0.39 is 0 Å². The molecule has 0 amide bonds. The molecule has 0 aliphatic heterocycles. The van der Waals surface area contributed by atoms with Crippen LogP contribution in [0.15, 0.2) is 71.8 Å². The fourth-order valence-corrected chi connectivity index (χ4v) is 2.49. The number of hydrogen-bond acceptors (Lipinski definition) is 5. The predicted octanol–water partition coefficient (Wildman–Crippen LogP) is 3.59. The van der Waals surface area contributed by atoms with Gasteiger partial charge in [-0.05, 0) is 27.9 Å². The van der Waals surface area contributed by atoms with Gasteiger partial charge in [-0.1, -0.05) is 64.5 Å². The summed E-state index contributed by atoms with van der Waals surface area (Å²) in [5.41, 5.74) is 1.21. The topological polar surface area (TPSA) is 68.0 Å². The molecular weight excluding hydrogens is 319 g/mol. The fraction of sp³-hybridized carbons (Fsp3) is 0. The van der Waals surface area contributed by atoms with Crippen LogP contribution in [-0.4, -0.2) is 26.5 Å². The Balaban J connectivity index is 1.65. The number of anilines is 2. The van der Waals surface area contributed by atoms with Gasteiger partial charge in [-0.2, -0.15) is 5.10 Å². The van der Waals surface area contributed by atoms with E-state index in [1.807, 2.05) is 42.5 Å². The average Bonchev–Trinajstić information content (AvgIpc) is 3.08. The van der Waals surface area contributed by atoms with Crippen LogP contribution in [0, 0.1) is 5.82 Å². The number of aromatic nitrogens is 4. The summed E-state index contributed by atoms with van der Waals surface area (Å²) in [6.45, 7) is 0. The van der Waals surface area contributed by atoms with Gasteiger partial charge in [0.15, 0.2) is 0 Å². The van der Waals surface area contributed by atoms with E-state index in [1.54, 1.807) is 18.2 Å². The molecule has 7 heteroatoms. The zero-order valence-corrected chi connectivity index (χ0v) is 13.0. The lowest BCUT2D eigenvalue weighted by molar-refractivity contribution is 0.625. The Morgan fingerprint density at radius 2 is 1.76 bits per heavy atom. The molecule has 4 rings (SSSR count). The van der Waals surface area contributed by atoms with Gasteiger partial charge >= 0.3 is 0 Å². The number of nitrogens with one attached hydrogen (secondary N) is 1. The minimum absolute atomic E-state index is 0.337. The second kappa shape index (κ2) is 6.48. The maximum absolute atomic E-state index is 13.7. The van der Waals surface area contributed by atoms with Gasteiger partial charge < -0.3 is 5.32 Å². The van der Waals surface area contributed by atoms with Gasteiger partial charge in [-0.25, -0.2) is 4.39 Å². The van der Waals surface area contributed by atoms with Crippen LogP contribution >= 0.6 is 0 Å². The molecule has 0 bridgehead atoms. The summed E-state index contributed by atoms with van der Waals surface area (Å²) in [7, 11) is 0. The summed E-state index contributed by atoms with van der Waals surface area (Å²) >= 11 is 0. The van der Waals surface area contributed by atoms with E-state index >= 15 is 0 Å². The Labute approximate surface area is 142 Å². The first kappa shape index (κ1) is 14.9. The SMILES string of the molecule is Fc1ccccc1C=Nn1nnnc1Nc1cccc2ccccc12. The third-order valence-corrected chi connectivity index (χ3v) is 3.70. The van der Waals surface area contributed by atoms with Crippen LogP contribution in [-0.2, 0) is 0 Å². The Hall–Kier alpha value is -3.61. The van der Waals surface area contributed by atoms with Crippen molar-refractivity contribution in [1.82, 2.24) is 20.3 Å². The third kappa shape index (κ3) is 3.07. The summed E-state index contributed by atoms with van der Waals surface area (Å²) in [6.07, 6.45) is 1.37. The van der Waals surface area contributed by atoms with Crippen molar-refractivity contribution in [3.8, 4) is 0 Å². The van der Waals surface area contributed by atoms with E-state index in [0.29, 0.717) is 11.5 Å². The van der Waals surface area contributed by atoms with Crippen molar-refractivity contribution in [1.29, 1.82) is 0 Å². The molecule has 0 aliphatic rings. The molecule has 25 heavy (non-hydrogen) atoms. The molecule has 0 unspecified atom stereocenters. The first-order chi connectivity index (χ1) is 12.3. The van der Waals surface area contributed by atoms with E-state index in [-0.39, 0.29) is 5.82 Å². The molecule has 1 aromatic heterocycles. The van der Waals surface area contributed by atoms with Crippen LogP contribution in [0.4, 0.5) is 16.0 Å². The summed E-state index contributed by atoms with van der Waals surface area (Å²) in [5, 5.41) is 20.8. The lowest BCUT2D eigenvalue weighted by Crippen LogP contribution is -2.02. The van der Waals surface area contributed by atoms with Crippen LogP contribution in [0.25, 0.3) is 10.8 Å². The Morgan fingerprint density at radius 1 is 0.960 bits per heavy atom. The van der Waals surface area contributed by atoms with E-state index in [0.717, 1.165) is 16.5 Å². The Bertz CT molecular complexity index is 1050. The average molecular weight is 332 g/mol. The van der Waals surface area contributed by atoms with Gasteiger partial charge in [-0.3, -0.25) is 0 Å². The maximum atomic E-state index is 13.7. The molecule has 3 aromatic carbocycles. The third-order valence-electron chi connectivity index (χ3n) is 3.70. The zero-order valence-electron chi connectivity index (χ0n) is 13.0. The highest BCUT2D eigenvalue weighted by atomic mass is 19.1. The van der Waals surface area contributed by atoms with Crippen molar-refractivity contribution in [3.63, 3.8) is 0 Å². The highest BCUT2D eigenvalue weighted by molar-refractivity contribution is 5.94. The van der Waals surface area contributed by atoms with Gasteiger partial charge in [0.2, 0.25) is 0 Å². The molecule has 0 fully saturated rings. The second-order valence-electron chi connectivity index (χ2n) is 5.31. The molecule has 0 saturated heterocycles. The van der Waals surface area contributed by atoms with Gasteiger partial charge in [0.25, 0.3) is 5.95 Å². The summed E-state index contributed by atoms with van der Waals surface area (Å²) in [6, 6.07) is 20.2. The monoisotopic (exact) mass is 332 g/mol. The summed E-state index contributed by atoms with van der Waals surface area (Å²) in [4.78, 5) is 1.22. The van der Waals surface area contributed by atoms with Gasteiger partial charge in [0.1, 0.15) is 5.82 Å². The first-order valence-electron chi connectivity index (χ1n) is 7.63. The number of fused-ring (bicyclic) bond motifs is 1. The molecule has 122 valence electrons. The van der Waals surface area contributed by atoms with Gasteiger partial charge in [0.05, 0.1) is 6.21 Å². The highest BCUT2D eigenvalue weighted by Gasteiger charge is 2.07. The van der Waals surface area contributed by atoms with E-state index in [2.05, 4.69) is 25.9 Å². The number of tetrazole rings is 1.